The van der Waals surface area contributed by atoms with Gasteiger partial charge in [0.1, 0.15) is 11.5 Å². The second-order valence-electron chi connectivity index (χ2n) is 3.43. The van der Waals surface area contributed by atoms with Gasteiger partial charge in [-0.1, -0.05) is 18.2 Å². The van der Waals surface area contributed by atoms with Crippen molar-refractivity contribution in [2.45, 2.75) is 12.5 Å². The number of para-hydroxylation sites is 1. The van der Waals surface area contributed by atoms with E-state index in [0.717, 1.165) is 17.9 Å². The minimum atomic E-state index is 0.0578. The van der Waals surface area contributed by atoms with Crippen molar-refractivity contribution in [3.8, 4) is 5.75 Å². The van der Waals surface area contributed by atoms with Crippen LogP contribution in [0.3, 0.4) is 0 Å². The van der Waals surface area contributed by atoms with Crippen LogP contribution < -0.4 is 4.74 Å². The van der Waals surface area contributed by atoms with E-state index in [1.807, 2.05) is 30.3 Å². The first-order valence-electron chi connectivity index (χ1n) is 4.71. The molecule has 2 nitrogen and oxygen atoms in total. The van der Waals surface area contributed by atoms with Crippen molar-refractivity contribution >= 4 is 0 Å². The largest absolute Gasteiger partial charge is 0.482 e. The summed E-state index contributed by atoms with van der Waals surface area (Å²) in [6.45, 7) is 0. The summed E-state index contributed by atoms with van der Waals surface area (Å²) in [5, 5.41) is 0. The summed E-state index contributed by atoms with van der Waals surface area (Å²) in [6, 6.07) is 12.0. The number of rotatable bonds is 1. The first-order chi connectivity index (χ1) is 6.93. The first kappa shape index (κ1) is 7.68. The van der Waals surface area contributed by atoms with Crippen LogP contribution >= 0.6 is 0 Å². The number of fused-ring (bicyclic) bond motifs is 1. The van der Waals surface area contributed by atoms with E-state index in [1.54, 1.807) is 6.26 Å². The Morgan fingerprint density at radius 1 is 1.07 bits per heavy atom. The molecule has 70 valence electrons. The van der Waals surface area contributed by atoms with Gasteiger partial charge >= 0.3 is 0 Å². The Morgan fingerprint density at radius 2 is 2.00 bits per heavy atom. The molecule has 1 aromatic carbocycles. The van der Waals surface area contributed by atoms with Gasteiger partial charge in [-0.05, 0) is 23.8 Å². The molecular weight excluding hydrogens is 176 g/mol. The van der Waals surface area contributed by atoms with Gasteiger partial charge in [-0.3, -0.25) is 0 Å². The molecule has 2 aromatic rings. The molecule has 0 saturated heterocycles. The maximum atomic E-state index is 5.76. The molecule has 1 aliphatic heterocycles. The van der Waals surface area contributed by atoms with Crippen LogP contribution in [0.15, 0.2) is 47.1 Å². The summed E-state index contributed by atoms with van der Waals surface area (Å²) in [5.41, 5.74) is 1.26. The zero-order chi connectivity index (χ0) is 9.38. The van der Waals surface area contributed by atoms with E-state index in [1.165, 1.54) is 5.56 Å². The maximum absolute atomic E-state index is 5.76. The van der Waals surface area contributed by atoms with Gasteiger partial charge < -0.3 is 9.15 Å². The lowest BCUT2D eigenvalue weighted by atomic mass is 10.1. The fraction of sp³-hybridized carbons (Fsp3) is 0.167. The zero-order valence-electron chi connectivity index (χ0n) is 7.64. The van der Waals surface area contributed by atoms with Gasteiger partial charge in [0, 0.05) is 6.42 Å². The van der Waals surface area contributed by atoms with Gasteiger partial charge in [0.2, 0.25) is 0 Å². The summed E-state index contributed by atoms with van der Waals surface area (Å²) in [7, 11) is 0. The number of furan rings is 1. The summed E-state index contributed by atoms with van der Waals surface area (Å²) in [5.74, 6) is 1.88. The van der Waals surface area contributed by atoms with Gasteiger partial charge in [0.05, 0.1) is 6.26 Å². The van der Waals surface area contributed by atoms with Gasteiger partial charge in [-0.15, -0.1) is 0 Å². The minimum Gasteiger partial charge on any atom is -0.482 e. The molecule has 14 heavy (non-hydrogen) atoms. The SMILES string of the molecule is c1coc(C2Cc3ccccc3O2)c1. The molecular formula is C12H10O2. The Hall–Kier alpha value is -1.70. The molecule has 0 bridgehead atoms. The van der Waals surface area contributed by atoms with Crippen molar-refractivity contribution in [1.82, 2.24) is 0 Å². The van der Waals surface area contributed by atoms with E-state index in [9.17, 15) is 0 Å². The highest BCUT2D eigenvalue weighted by atomic mass is 16.5. The van der Waals surface area contributed by atoms with E-state index in [0.29, 0.717) is 0 Å². The van der Waals surface area contributed by atoms with Crippen LogP contribution in [0.2, 0.25) is 0 Å². The number of ether oxygens (including phenoxy) is 1. The van der Waals surface area contributed by atoms with Gasteiger partial charge in [-0.2, -0.15) is 0 Å². The molecule has 0 aliphatic carbocycles. The smallest absolute Gasteiger partial charge is 0.160 e. The highest BCUT2D eigenvalue weighted by Gasteiger charge is 2.25. The van der Waals surface area contributed by atoms with Crippen LogP contribution in [-0.4, -0.2) is 0 Å². The van der Waals surface area contributed by atoms with Crippen molar-refractivity contribution in [3.63, 3.8) is 0 Å². The lowest BCUT2D eigenvalue weighted by Gasteiger charge is -2.06. The lowest BCUT2D eigenvalue weighted by Crippen LogP contribution is -2.00. The number of hydrogen-bond donors (Lipinski definition) is 0. The average Bonchev–Trinajstić information content (AvgIpc) is 2.86. The first-order valence-corrected chi connectivity index (χ1v) is 4.71. The van der Waals surface area contributed by atoms with Crippen LogP contribution in [0.5, 0.6) is 5.75 Å². The Kier molecular flexibility index (Phi) is 1.60. The van der Waals surface area contributed by atoms with E-state index in [4.69, 9.17) is 9.15 Å². The summed E-state index contributed by atoms with van der Waals surface area (Å²) in [4.78, 5) is 0. The lowest BCUT2D eigenvalue weighted by molar-refractivity contribution is 0.205. The van der Waals surface area contributed by atoms with Crippen molar-refractivity contribution in [3.05, 3.63) is 54.0 Å². The summed E-state index contributed by atoms with van der Waals surface area (Å²) in [6.07, 6.45) is 2.65. The molecule has 0 spiro atoms. The fourth-order valence-electron chi connectivity index (χ4n) is 1.82. The average molecular weight is 186 g/mol. The van der Waals surface area contributed by atoms with Crippen LogP contribution in [0.25, 0.3) is 0 Å². The van der Waals surface area contributed by atoms with Crippen molar-refractivity contribution in [2.75, 3.05) is 0 Å². The molecule has 0 N–H and O–H groups in total. The fourth-order valence-corrected chi connectivity index (χ4v) is 1.82. The molecule has 2 heteroatoms. The predicted molar refractivity (Wildman–Crippen MR) is 52.2 cm³/mol. The van der Waals surface area contributed by atoms with Crippen molar-refractivity contribution < 1.29 is 9.15 Å². The second-order valence-corrected chi connectivity index (χ2v) is 3.43. The maximum Gasteiger partial charge on any atom is 0.160 e. The molecule has 3 rings (SSSR count). The van der Waals surface area contributed by atoms with E-state index >= 15 is 0 Å². The Morgan fingerprint density at radius 3 is 2.79 bits per heavy atom. The zero-order valence-corrected chi connectivity index (χ0v) is 7.64. The quantitative estimate of drug-likeness (QED) is 0.683. The molecule has 0 fully saturated rings. The van der Waals surface area contributed by atoms with Gasteiger partial charge in [0.15, 0.2) is 6.10 Å². The Balaban J connectivity index is 1.92. The topological polar surface area (TPSA) is 22.4 Å². The standard InChI is InChI=1S/C12H10O2/c1-2-5-10-9(4-1)8-12(14-10)11-6-3-7-13-11/h1-7,12H,8H2. The van der Waals surface area contributed by atoms with Crippen molar-refractivity contribution in [2.24, 2.45) is 0 Å². The van der Waals surface area contributed by atoms with Crippen LogP contribution in [-0.2, 0) is 6.42 Å². The third-order valence-corrected chi connectivity index (χ3v) is 2.51. The van der Waals surface area contributed by atoms with E-state index < -0.39 is 0 Å². The summed E-state index contributed by atoms with van der Waals surface area (Å²) < 4.78 is 11.1. The molecule has 1 atom stereocenters. The van der Waals surface area contributed by atoms with Crippen molar-refractivity contribution in [1.29, 1.82) is 0 Å². The van der Waals surface area contributed by atoms with Crippen LogP contribution in [0.1, 0.15) is 17.4 Å². The van der Waals surface area contributed by atoms with E-state index in [2.05, 4.69) is 6.07 Å². The highest BCUT2D eigenvalue weighted by molar-refractivity contribution is 5.38. The predicted octanol–water partition coefficient (Wildman–Crippen LogP) is 2.96. The third-order valence-electron chi connectivity index (χ3n) is 2.51. The highest BCUT2D eigenvalue weighted by Crippen LogP contribution is 2.36. The molecule has 0 saturated carbocycles. The van der Waals surface area contributed by atoms with E-state index in [-0.39, 0.29) is 6.10 Å². The number of hydrogen-bond acceptors (Lipinski definition) is 2. The Labute approximate surface area is 82.1 Å². The third kappa shape index (κ3) is 1.11. The molecule has 1 aliphatic rings. The molecule has 0 amide bonds. The molecule has 1 aromatic heterocycles. The normalized spacial score (nSPS) is 19.0. The van der Waals surface area contributed by atoms with Crippen LogP contribution in [0.4, 0.5) is 0 Å². The molecule has 1 unspecified atom stereocenters. The number of benzene rings is 1. The van der Waals surface area contributed by atoms with Crippen LogP contribution in [0, 0.1) is 0 Å². The van der Waals surface area contributed by atoms with Gasteiger partial charge in [0.25, 0.3) is 0 Å². The summed E-state index contributed by atoms with van der Waals surface area (Å²) >= 11 is 0. The van der Waals surface area contributed by atoms with Gasteiger partial charge in [-0.25, -0.2) is 0 Å². The Bertz CT molecular complexity index is 406. The monoisotopic (exact) mass is 186 g/mol. The molecule has 0 radical (unpaired) electrons. The minimum absolute atomic E-state index is 0.0578. The second kappa shape index (κ2) is 2.91. The molecule has 2 heterocycles.